The van der Waals surface area contributed by atoms with Gasteiger partial charge in [-0.1, -0.05) is 69.2 Å². The summed E-state index contributed by atoms with van der Waals surface area (Å²) < 4.78 is 35.0. The molecule has 8 aliphatic rings. The molecule has 53 heavy (non-hydrogen) atoms. The van der Waals surface area contributed by atoms with Gasteiger partial charge in [-0.15, -0.1) is 0 Å². The van der Waals surface area contributed by atoms with E-state index < -0.39 is 8.32 Å². The first-order chi connectivity index (χ1) is 25.2. The molecule has 0 bridgehead atoms. The van der Waals surface area contributed by atoms with Gasteiger partial charge in [-0.2, -0.15) is 0 Å². The zero-order chi connectivity index (χ0) is 37.8. The quantitative estimate of drug-likeness (QED) is 0.163. The summed E-state index contributed by atoms with van der Waals surface area (Å²) in [6, 6.07) is 3.47. The third-order valence-electron chi connectivity index (χ3n) is 18.9. The van der Waals surface area contributed by atoms with Crippen LogP contribution < -0.4 is 0 Å². The largest absolute Gasteiger partial charge is 0.443 e. The first kappa shape index (κ1) is 39.2. The summed E-state index contributed by atoms with van der Waals surface area (Å²) >= 11 is 0. The van der Waals surface area contributed by atoms with E-state index in [-0.39, 0.29) is 65.1 Å². The number of carbonyl (C=O) groups is 1. The molecule has 0 N–H and O–H groups in total. The summed E-state index contributed by atoms with van der Waals surface area (Å²) in [6.07, 6.45) is 14.5. The predicted molar refractivity (Wildman–Crippen MR) is 212 cm³/mol. The van der Waals surface area contributed by atoms with Crippen molar-refractivity contribution >= 4 is 14.4 Å². The highest BCUT2D eigenvalue weighted by molar-refractivity contribution is 6.73. The number of rotatable bonds is 10. The Morgan fingerprint density at radius 2 is 1.58 bits per heavy atom. The molecule has 8 fully saturated rings. The summed E-state index contributed by atoms with van der Waals surface area (Å²) in [6.45, 7) is 27.1. The van der Waals surface area contributed by atoms with Crippen LogP contribution >= 0.6 is 0 Å². The van der Waals surface area contributed by atoms with E-state index in [1.165, 1.54) is 57.8 Å². The molecule has 1 amide bonds. The molecule has 3 aliphatic heterocycles. The predicted octanol–water partition coefficient (Wildman–Crippen LogP) is 10.6. The zero-order valence-corrected chi connectivity index (χ0v) is 36.5. The van der Waals surface area contributed by atoms with Crippen LogP contribution in [-0.4, -0.2) is 75.8 Å². The molecular weight excluding hydrogens is 679 g/mol. The first-order valence-corrected chi connectivity index (χ1v) is 25.3. The molecule has 8 rings (SSSR count). The SMILES string of the molecule is CC[Si](CC)(CC)O[C@H]1[C@H]2O[C@@H]([C@H](OC(=O)N3CCC3)C(C)C)C[C@@H](C)[C@@H]2[C@@]2(C)CCC34C[C@@]35CCC(O[C@H]3CCCCO3)C(C)(C)[C@@H]5CC[C@H]4[C@]12C. The summed E-state index contributed by atoms with van der Waals surface area (Å²) in [7, 11) is -2.00. The number of carbonyl (C=O) groups excluding carboxylic acids is 1. The minimum Gasteiger partial charge on any atom is -0.443 e. The monoisotopic (exact) mass is 756 g/mol. The van der Waals surface area contributed by atoms with Gasteiger partial charge in [0, 0.05) is 25.1 Å². The first-order valence-electron chi connectivity index (χ1n) is 22.7. The highest BCUT2D eigenvalue weighted by Crippen LogP contribution is 2.89. The maximum atomic E-state index is 13.3. The van der Waals surface area contributed by atoms with Crippen molar-refractivity contribution < 1.29 is 28.2 Å². The second-order valence-electron chi connectivity index (χ2n) is 21.2. The van der Waals surface area contributed by atoms with E-state index >= 15 is 0 Å². The average Bonchev–Trinajstić information content (AvgIpc) is 3.73. The Hall–Kier alpha value is -0.673. The normalized spacial score (nSPS) is 47.7. The minimum atomic E-state index is -2.00. The Morgan fingerprint density at radius 1 is 0.887 bits per heavy atom. The number of nitrogens with zero attached hydrogens (tertiary/aromatic N) is 1. The number of likely N-dealkylation sites (tertiary alicyclic amines) is 1. The van der Waals surface area contributed by atoms with Crippen molar-refractivity contribution in [2.24, 2.45) is 56.7 Å². The lowest BCUT2D eigenvalue weighted by molar-refractivity contribution is -0.242. The zero-order valence-electron chi connectivity index (χ0n) is 35.5. The Labute approximate surface area is 324 Å². The molecule has 5 aliphatic carbocycles. The van der Waals surface area contributed by atoms with Crippen LogP contribution in [0.1, 0.15) is 146 Å². The third-order valence-corrected chi connectivity index (χ3v) is 23.5. The summed E-state index contributed by atoms with van der Waals surface area (Å²) in [4.78, 5) is 15.1. The Kier molecular flexibility index (Phi) is 10.1. The van der Waals surface area contributed by atoms with E-state index in [1.54, 1.807) is 0 Å². The van der Waals surface area contributed by atoms with Crippen molar-refractivity contribution in [3.8, 4) is 0 Å². The molecule has 2 unspecified atom stereocenters. The van der Waals surface area contributed by atoms with E-state index in [0.29, 0.717) is 34.5 Å². The average molecular weight is 756 g/mol. The third kappa shape index (κ3) is 5.60. The lowest BCUT2D eigenvalue weighted by Crippen LogP contribution is -2.61. The van der Waals surface area contributed by atoms with Gasteiger partial charge in [-0.05, 0) is 146 Å². The highest BCUT2D eigenvalue weighted by Gasteiger charge is 2.85. The molecule has 2 spiro atoms. The van der Waals surface area contributed by atoms with Crippen molar-refractivity contribution in [2.45, 2.75) is 201 Å². The van der Waals surface area contributed by atoms with E-state index in [0.717, 1.165) is 57.1 Å². The molecule has 302 valence electrons. The van der Waals surface area contributed by atoms with Gasteiger partial charge >= 0.3 is 6.09 Å². The van der Waals surface area contributed by atoms with Crippen LogP contribution in [-0.2, 0) is 23.4 Å². The van der Waals surface area contributed by atoms with Gasteiger partial charge in [0.1, 0.15) is 6.10 Å². The Balaban J connectivity index is 1.13. The van der Waals surface area contributed by atoms with E-state index in [9.17, 15) is 4.79 Å². The number of fused-ring (bicyclic) bond motifs is 4. The molecule has 0 aromatic rings. The van der Waals surface area contributed by atoms with Gasteiger partial charge in [0.15, 0.2) is 14.6 Å². The molecule has 7 nitrogen and oxygen atoms in total. The summed E-state index contributed by atoms with van der Waals surface area (Å²) in [5, 5.41) is 0. The minimum absolute atomic E-state index is 0.0129. The van der Waals surface area contributed by atoms with Gasteiger partial charge in [-0.3, -0.25) is 0 Å². The summed E-state index contributed by atoms with van der Waals surface area (Å²) in [5.74, 6) is 2.47. The van der Waals surface area contributed by atoms with Crippen molar-refractivity contribution in [2.75, 3.05) is 19.7 Å². The van der Waals surface area contributed by atoms with Gasteiger partial charge in [0.25, 0.3) is 0 Å². The van der Waals surface area contributed by atoms with Gasteiger partial charge in [-0.25, -0.2) is 4.79 Å². The van der Waals surface area contributed by atoms with Gasteiger partial charge in [0.2, 0.25) is 0 Å². The molecule has 14 atom stereocenters. The van der Waals surface area contributed by atoms with Crippen LogP contribution in [0.25, 0.3) is 0 Å². The molecule has 0 radical (unpaired) electrons. The fourth-order valence-corrected chi connectivity index (χ4v) is 18.4. The fourth-order valence-electron chi connectivity index (χ4n) is 15.5. The van der Waals surface area contributed by atoms with Crippen molar-refractivity contribution in [3.05, 3.63) is 0 Å². The lowest BCUT2D eigenvalue weighted by Gasteiger charge is -2.64. The smallest absolute Gasteiger partial charge is 0.410 e. The highest BCUT2D eigenvalue weighted by atomic mass is 28.4. The standard InChI is InChI=1S/C45H77NO6Si/c1-11-53(12-2,13-3)52-39-38-36(30(6)27-31(49-38)37(29(4)5)51-40(47)46-24-16-25-46)42(9)22-23-45-28-44(45)21-20-34(50-35-17-14-15-26-48-35)41(7,8)32(44)18-19-33(45)43(39,42)10/h29-39H,11-28H2,1-10H3/t30-,31-,32+,33+,34?,35+,36+,37-,38+,39+,42-,43-,44-,45?/m1/s1. The van der Waals surface area contributed by atoms with Crippen LogP contribution in [0.3, 0.4) is 0 Å². The second-order valence-corrected chi connectivity index (χ2v) is 26.0. The van der Waals surface area contributed by atoms with Crippen LogP contribution in [0, 0.1) is 56.7 Å². The van der Waals surface area contributed by atoms with Crippen molar-refractivity contribution in [1.29, 1.82) is 0 Å². The van der Waals surface area contributed by atoms with Crippen LogP contribution in [0.2, 0.25) is 18.1 Å². The van der Waals surface area contributed by atoms with Gasteiger partial charge in [0.05, 0.1) is 24.4 Å². The number of ether oxygens (including phenoxy) is 4. The van der Waals surface area contributed by atoms with E-state index in [4.69, 9.17) is 23.4 Å². The van der Waals surface area contributed by atoms with Crippen LogP contribution in [0.4, 0.5) is 4.79 Å². The molecule has 0 aromatic carbocycles. The van der Waals surface area contributed by atoms with E-state index in [1.807, 2.05) is 4.90 Å². The summed E-state index contributed by atoms with van der Waals surface area (Å²) in [5.41, 5.74) is 1.14. The molecule has 3 saturated heterocycles. The lowest BCUT2D eigenvalue weighted by atomic mass is 9.41. The van der Waals surface area contributed by atoms with E-state index in [2.05, 4.69) is 69.2 Å². The topological polar surface area (TPSA) is 66.5 Å². The molecule has 0 aromatic heterocycles. The number of hydrogen-bond donors (Lipinski definition) is 0. The molecule has 5 saturated carbocycles. The molecule has 8 heteroatoms. The van der Waals surface area contributed by atoms with Crippen molar-refractivity contribution in [1.82, 2.24) is 4.90 Å². The molecule has 3 heterocycles. The van der Waals surface area contributed by atoms with Crippen LogP contribution in [0.15, 0.2) is 0 Å². The Morgan fingerprint density at radius 3 is 2.21 bits per heavy atom. The van der Waals surface area contributed by atoms with Crippen molar-refractivity contribution in [3.63, 3.8) is 0 Å². The maximum absolute atomic E-state index is 13.3. The van der Waals surface area contributed by atoms with Gasteiger partial charge < -0.3 is 28.3 Å². The fraction of sp³-hybridized carbons (Fsp3) is 0.978. The Bertz CT molecular complexity index is 1350. The maximum Gasteiger partial charge on any atom is 0.410 e. The number of amides is 1. The molecular formula is C45H77NO6Si. The number of hydrogen-bond acceptors (Lipinski definition) is 6. The van der Waals surface area contributed by atoms with Crippen LogP contribution in [0.5, 0.6) is 0 Å². The second kappa shape index (κ2) is 13.7.